The third-order valence-electron chi connectivity index (χ3n) is 16.0. The van der Waals surface area contributed by atoms with Gasteiger partial charge in [0.25, 0.3) is 0 Å². The topological polar surface area (TPSA) is 0 Å². The third kappa shape index (κ3) is 10.3. The molecule has 8 aromatic rings. The van der Waals surface area contributed by atoms with Crippen molar-refractivity contribution in [2.75, 3.05) is 0 Å². The molecule has 0 nitrogen and oxygen atoms in total. The van der Waals surface area contributed by atoms with Gasteiger partial charge in [-0.3, -0.25) is 0 Å². The van der Waals surface area contributed by atoms with Crippen LogP contribution in [-0.2, 0) is 43.3 Å². The quantitative estimate of drug-likeness (QED) is 0.154. The second kappa shape index (κ2) is 18.1. The van der Waals surface area contributed by atoms with Crippen LogP contribution in [-0.4, -0.2) is 0 Å². The summed E-state index contributed by atoms with van der Waals surface area (Å²) in [5, 5.41) is 7.84. The highest BCUT2D eigenvalue weighted by molar-refractivity contribution is 6.34. The van der Waals surface area contributed by atoms with E-state index in [1.165, 1.54) is 121 Å². The summed E-state index contributed by atoms with van der Waals surface area (Å²) >= 11 is 0. The Kier molecular flexibility index (Phi) is 13.4. The van der Waals surface area contributed by atoms with E-state index in [9.17, 15) is 0 Å². The average Bonchev–Trinajstić information content (AvgIpc) is 3.27. The molecule has 0 spiro atoms. The first kappa shape index (κ1) is 54.8. The average molecular weight is 982 g/mol. The van der Waals surface area contributed by atoms with E-state index in [1.807, 2.05) is 0 Å². The smallest absolute Gasteiger partial charge is 0.000139 e. The van der Waals surface area contributed by atoms with Crippen LogP contribution in [0.15, 0.2) is 121 Å². The lowest BCUT2D eigenvalue weighted by molar-refractivity contribution is 0.531. The number of hydrogen-bond donors (Lipinski definition) is 0. The molecule has 0 saturated carbocycles. The predicted molar refractivity (Wildman–Crippen MR) is 330 cm³/mol. The maximum atomic E-state index is 2.63. The summed E-state index contributed by atoms with van der Waals surface area (Å²) in [4.78, 5) is 0. The largest absolute Gasteiger partial charge is 0.0579 e. The molecule has 388 valence electrons. The summed E-state index contributed by atoms with van der Waals surface area (Å²) in [6.07, 6.45) is 0. The Morgan fingerprint density at radius 2 is 0.338 bits per heavy atom. The van der Waals surface area contributed by atoms with Gasteiger partial charge in [-0.15, -0.1) is 0 Å². The molecule has 0 bridgehead atoms. The summed E-state index contributed by atoms with van der Waals surface area (Å²) < 4.78 is 0. The zero-order valence-corrected chi connectivity index (χ0v) is 50.5. The predicted octanol–water partition coefficient (Wildman–Crippen LogP) is 22.2. The zero-order chi connectivity index (χ0) is 54.8. The maximum Gasteiger partial charge on any atom is -0.000139 e. The Hall–Kier alpha value is -5.46. The molecule has 0 heteroatoms. The number of hydrogen-bond acceptors (Lipinski definition) is 0. The molecule has 0 atom stereocenters. The highest BCUT2D eigenvalue weighted by Gasteiger charge is 2.34. The minimum absolute atomic E-state index is 0.00340. The van der Waals surface area contributed by atoms with Gasteiger partial charge in [-0.2, -0.15) is 0 Å². The molecule has 0 N–H and O–H groups in total. The number of benzene rings is 8. The van der Waals surface area contributed by atoms with E-state index in [2.05, 4.69) is 287 Å². The number of rotatable bonds is 4. The van der Waals surface area contributed by atoms with Crippen molar-refractivity contribution in [2.45, 2.75) is 209 Å². The maximum absolute atomic E-state index is 2.63. The highest BCUT2D eigenvalue weighted by atomic mass is 14.4. The van der Waals surface area contributed by atoms with Crippen LogP contribution in [0.3, 0.4) is 0 Å². The van der Waals surface area contributed by atoms with Gasteiger partial charge < -0.3 is 0 Å². The second-order valence-corrected chi connectivity index (χ2v) is 30.4. The van der Waals surface area contributed by atoms with Crippen molar-refractivity contribution in [1.82, 2.24) is 0 Å². The molecule has 0 radical (unpaired) electrons. The van der Waals surface area contributed by atoms with E-state index in [0.29, 0.717) is 0 Å². The molecular formula is C74H92. The van der Waals surface area contributed by atoms with Crippen molar-refractivity contribution < 1.29 is 0 Å². The summed E-state index contributed by atoms with van der Waals surface area (Å²) in [6.45, 7) is 56.9. The van der Waals surface area contributed by atoms with Crippen molar-refractivity contribution in [2.24, 2.45) is 0 Å². The van der Waals surface area contributed by atoms with Crippen molar-refractivity contribution in [3.05, 3.63) is 166 Å². The third-order valence-corrected chi connectivity index (χ3v) is 16.0. The van der Waals surface area contributed by atoms with Crippen LogP contribution in [0.2, 0.25) is 0 Å². The summed E-state index contributed by atoms with van der Waals surface area (Å²) in [5.74, 6) is 0. The Morgan fingerprint density at radius 3 is 0.459 bits per heavy atom. The first-order valence-corrected chi connectivity index (χ1v) is 27.8. The molecular weight excluding hydrogens is 889 g/mol. The fourth-order valence-electron chi connectivity index (χ4n) is 11.5. The Balaban J connectivity index is 1.84. The van der Waals surface area contributed by atoms with Crippen molar-refractivity contribution in [1.29, 1.82) is 0 Å². The monoisotopic (exact) mass is 981 g/mol. The molecule has 0 aliphatic rings. The van der Waals surface area contributed by atoms with Crippen LogP contribution in [0.1, 0.15) is 211 Å². The Morgan fingerprint density at radius 1 is 0.189 bits per heavy atom. The van der Waals surface area contributed by atoms with E-state index >= 15 is 0 Å². The molecule has 0 fully saturated rings. The van der Waals surface area contributed by atoms with Gasteiger partial charge in [0, 0.05) is 0 Å². The molecule has 8 aromatic carbocycles. The Bertz CT molecular complexity index is 2940. The van der Waals surface area contributed by atoms with Crippen molar-refractivity contribution in [3.63, 3.8) is 0 Å². The standard InChI is InChI=1S/C74H92/c1-67(2,3)49-33-25-45(26-34-49)61-53-41-57(71(13,14)15)58(72(16,17)18)42-54(53)63(47-29-37-51(38-30-47)69(7,8)9)66-64(48-31-39-52(40-32-48)70(10,11)12)56-44-60(74(22,23)24)59(73(19,20)21)43-55(56)62(65(61)66)46-27-35-50(36-28-46)68(4,5)6/h25-44H,1-24H3. The molecule has 74 heavy (non-hydrogen) atoms. The van der Waals surface area contributed by atoms with Crippen LogP contribution >= 0.6 is 0 Å². The van der Waals surface area contributed by atoms with Gasteiger partial charge in [-0.25, -0.2) is 0 Å². The van der Waals surface area contributed by atoms with Crippen molar-refractivity contribution >= 4 is 32.3 Å². The molecule has 0 unspecified atom stereocenters. The number of fused-ring (bicyclic) bond motifs is 3. The minimum atomic E-state index is -0.117. The van der Waals surface area contributed by atoms with Crippen LogP contribution in [0.4, 0.5) is 0 Å². The van der Waals surface area contributed by atoms with Gasteiger partial charge in [0.05, 0.1) is 0 Å². The normalized spacial score (nSPS) is 13.7. The molecule has 0 aliphatic heterocycles. The SMILES string of the molecule is CC(C)(C)c1ccc(-c2c3cc(C(C)(C)C)c(C(C)(C)C)cc3c(-c3ccc(C(C)(C)C)cc3)c3c(-c4ccc(C(C)(C)C)cc4)c4cc(C(C)(C)C)c(C(C)(C)C)cc4c(-c4ccc(C(C)(C)C)cc4)c23)cc1. The van der Waals surface area contributed by atoms with E-state index in [-0.39, 0.29) is 43.3 Å². The molecule has 0 aliphatic carbocycles. The van der Waals surface area contributed by atoms with Gasteiger partial charge >= 0.3 is 0 Å². The summed E-state index contributed by atoms with van der Waals surface area (Å²) in [6, 6.07) is 49.3. The second-order valence-electron chi connectivity index (χ2n) is 30.4. The van der Waals surface area contributed by atoms with Crippen LogP contribution in [0.5, 0.6) is 0 Å². The van der Waals surface area contributed by atoms with Gasteiger partial charge in [0.15, 0.2) is 0 Å². The fraction of sp³-hybridized carbons (Fsp3) is 0.432. The van der Waals surface area contributed by atoms with E-state index in [4.69, 9.17) is 0 Å². The van der Waals surface area contributed by atoms with Gasteiger partial charge in [0.1, 0.15) is 0 Å². The molecule has 0 saturated heterocycles. The first-order chi connectivity index (χ1) is 33.8. The Labute approximate surface area is 449 Å². The van der Waals surface area contributed by atoms with E-state index in [1.54, 1.807) is 0 Å². The molecule has 0 amide bonds. The van der Waals surface area contributed by atoms with Crippen LogP contribution < -0.4 is 0 Å². The van der Waals surface area contributed by atoms with Gasteiger partial charge in [-0.05, 0) is 189 Å². The van der Waals surface area contributed by atoms with Gasteiger partial charge in [0.2, 0.25) is 0 Å². The van der Waals surface area contributed by atoms with Crippen LogP contribution in [0.25, 0.3) is 76.8 Å². The van der Waals surface area contributed by atoms with Crippen molar-refractivity contribution in [3.8, 4) is 44.5 Å². The van der Waals surface area contributed by atoms with E-state index in [0.717, 1.165) is 0 Å². The lowest BCUT2D eigenvalue weighted by Crippen LogP contribution is -2.22. The summed E-state index contributed by atoms with van der Waals surface area (Å²) in [7, 11) is 0. The summed E-state index contributed by atoms with van der Waals surface area (Å²) in [5.41, 5.74) is 20.7. The lowest BCUT2D eigenvalue weighted by atomic mass is 9.70. The fourth-order valence-corrected chi connectivity index (χ4v) is 11.5. The molecule has 0 heterocycles. The molecule has 8 rings (SSSR count). The lowest BCUT2D eigenvalue weighted by Gasteiger charge is -2.34. The zero-order valence-electron chi connectivity index (χ0n) is 50.5. The van der Waals surface area contributed by atoms with Crippen LogP contribution in [0, 0.1) is 0 Å². The highest BCUT2D eigenvalue weighted by Crippen LogP contribution is 2.56. The molecule has 0 aromatic heterocycles. The minimum Gasteiger partial charge on any atom is -0.0579 e. The van der Waals surface area contributed by atoms with Gasteiger partial charge in [-0.1, -0.05) is 263 Å². The first-order valence-electron chi connectivity index (χ1n) is 27.8. The van der Waals surface area contributed by atoms with E-state index < -0.39 is 0 Å².